The summed E-state index contributed by atoms with van der Waals surface area (Å²) in [5, 5.41) is 0. The van der Waals surface area contributed by atoms with Crippen LogP contribution in [0.25, 0.3) is 0 Å². The van der Waals surface area contributed by atoms with Gasteiger partial charge in [0.15, 0.2) is 0 Å². The highest BCUT2D eigenvalue weighted by atomic mass is 15.2. The second-order valence-electron chi connectivity index (χ2n) is 6.08. The van der Waals surface area contributed by atoms with Crippen molar-refractivity contribution in [3.05, 3.63) is 34.9 Å². The maximum atomic E-state index is 2.68. The average Bonchev–Trinajstić information content (AvgIpc) is 2.76. The fourth-order valence-corrected chi connectivity index (χ4v) is 3.49. The molecule has 1 atom stereocenters. The molecule has 1 unspecified atom stereocenters. The van der Waals surface area contributed by atoms with Crippen LogP contribution in [0.2, 0.25) is 0 Å². The molecule has 1 fully saturated rings. The van der Waals surface area contributed by atoms with Crippen LogP contribution in [0.15, 0.2) is 18.2 Å². The van der Waals surface area contributed by atoms with Gasteiger partial charge in [0.05, 0.1) is 0 Å². The highest BCUT2D eigenvalue weighted by Gasteiger charge is 2.30. The number of fused-ring (bicyclic) bond motifs is 3. The van der Waals surface area contributed by atoms with E-state index in [1.165, 1.54) is 44.3 Å². The zero-order valence-electron chi connectivity index (χ0n) is 11.1. The van der Waals surface area contributed by atoms with E-state index in [2.05, 4.69) is 36.9 Å². The minimum absolute atomic E-state index is 0.742. The van der Waals surface area contributed by atoms with Crippen molar-refractivity contribution >= 4 is 0 Å². The van der Waals surface area contributed by atoms with Gasteiger partial charge in [-0.1, -0.05) is 32.0 Å². The van der Waals surface area contributed by atoms with Gasteiger partial charge >= 0.3 is 0 Å². The Morgan fingerprint density at radius 2 is 2.18 bits per heavy atom. The Balaban J connectivity index is 1.92. The van der Waals surface area contributed by atoms with Crippen molar-refractivity contribution in [2.24, 2.45) is 5.92 Å². The maximum Gasteiger partial charge on any atom is 0.0351 e. The van der Waals surface area contributed by atoms with Gasteiger partial charge in [-0.25, -0.2) is 0 Å². The SMILES string of the molecule is CC(C)Cc1ccc2c(c1)C1CCCN1CC2. The highest BCUT2D eigenvalue weighted by Crippen LogP contribution is 2.38. The molecule has 17 heavy (non-hydrogen) atoms. The molecule has 0 amide bonds. The van der Waals surface area contributed by atoms with Crippen LogP contribution < -0.4 is 0 Å². The van der Waals surface area contributed by atoms with E-state index in [1.807, 2.05) is 0 Å². The van der Waals surface area contributed by atoms with Crippen molar-refractivity contribution in [1.29, 1.82) is 0 Å². The highest BCUT2D eigenvalue weighted by molar-refractivity contribution is 5.37. The predicted molar refractivity (Wildman–Crippen MR) is 72.2 cm³/mol. The van der Waals surface area contributed by atoms with Gasteiger partial charge in [-0.05, 0) is 54.8 Å². The van der Waals surface area contributed by atoms with Crippen molar-refractivity contribution < 1.29 is 0 Å². The molecule has 0 aliphatic carbocycles. The lowest BCUT2D eigenvalue weighted by atomic mass is 9.89. The molecule has 0 aromatic heterocycles. The minimum atomic E-state index is 0.742. The molecular formula is C16H23N. The third kappa shape index (κ3) is 2.13. The van der Waals surface area contributed by atoms with Crippen LogP contribution in [0.3, 0.4) is 0 Å². The van der Waals surface area contributed by atoms with Crippen LogP contribution in [0.1, 0.15) is 49.4 Å². The Labute approximate surface area is 105 Å². The average molecular weight is 229 g/mol. The first kappa shape index (κ1) is 11.3. The van der Waals surface area contributed by atoms with E-state index in [0.29, 0.717) is 0 Å². The third-order valence-electron chi connectivity index (χ3n) is 4.25. The van der Waals surface area contributed by atoms with E-state index in [4.69, 9.17) is 0 Å². The molecule has 1 aromatic carbocycles. The molecule has 2 aliphatic rings. The zero-order chi connectivity index (χ0) is 11.8. The standard InChI is InChI=1S/C16H23N/c1-12(2)10-13-5-6-14-7-9-17-8-3-4-16(17)15(14)11-13/h5-6,11-12,16H,3-4,7-10H2,1-2H3. The topological polar surface area (TPSA) is 3.24 Å². The lowest BCUT2D eigenvalue weighted by Crippen LogP contribution is -2.30. The number of benzene rings is 1. The van der Waals surface area contributed by atoms with E-state index in [0.717, 1.165) is 12.0 Å². The second kappa shape index (κ2) is 4.45. The monoisotopic (exact) mass is 229 g/mol. The Bertz CT molecular complexity index is 408. The van der Waals surface area contributed by atoms with Gasteiger partial charge in [-0.3, -0.25) is 4.90 Å². The van der Waals surface area contributed by atoms with Gasteiger partial charge in [0.1, 0.15) is 0 Å². The molecule has 0 spiro atoms. The van der Waals surface area contributed by atoms with E-state index >= 15 is 0 Å². The van der Waals surface area contributed by atoms with Gasteiger partial charge in [0, 0.05) is 12.6 Å². The van der Waals surface area contributed by atoms with Crippen molar-refractivity contribution in [3.63, 3.8) is 0 Å². The summed E-state index contributed by atoms with van der Waals surface area (Å²) in [6.45, 7) is 7.21. The second-order valence-corrected chi connectivity index (χ2v) is 6.08. The molecule has 1 nitrogen and oxygen atoms in total. The lowest BCUT2D eigenvalue weighted by molar-refractivity contribution is 0.243. The van der Waals surface area contributed by atoms with Gasteiger partial charge in [-0.15, -0.1) is 0 Å². The third-order valence-corrected chi connectivity index (χ3v) is 4.25. The summed E-state index contributed by atoms with van der Waals surface area (Å²) < 4.78 is 0. The van der Waals surface area contributed by atoms with Crippen LogP contribution in [-0.4, -0.2) is 18.0 Å². The summed E-state index contributed by atoms with van der Waals surface area (Å²) >= 11 is 0. The predicted octanol–water partition coefficient (Wildman–Crippen LogP) is 3.58. The largest absolute Gasteiger partial charge is 0.296 e. The molecule has 0 radical (unpaired) electrons. The van der Waals surface area contributed by atoms with E-state index in [-0.39, 0.29) is 0 Å². The molecule has 1 aromatic rings. The Kier molecular flexibility index (Phi) is 2.96. The first-order valence-electron chi connectivity index (χ1n) is 7.10. The summed E-state index contributed by atoms with van der Waals surface area (Å²) in [6, 6.07) is 7.98. The van der Waals surface area contributed by atoms with Crippen molar-refractivity contribution in [3.8, 4) is 0 Å². The summed E-state index contributed by atoms with van der Waals surface area (Å²) in [6.07, 6.45) is 5.24. The lowest BCUT2D eigenvalue weighted by Gasteiger charge is -2.32. The maximum absolute atomic E-state index is 2.68. The van der Waals surface area contributed by atoms with Gasteiger partial charge in [0.25, 0.3) is 0 Å². The van der Waals surface area contributed by atoms with Gasteiger partial charge in [-0.2, -0.15) is 0 Å². The van der Waals surface area contributed by atoms with E-state index in [9.17, 15) is 0 Å². The van der Waals surface area contributed by atoms with E-state index in [1.54, 1.807) is 11.1 Å². The molecule has 92 valence electrons. The minimum Gasteiger partial charge on any atom is -0.296 e. The Morgan fingerprint density at radius 1 is 1.29 bits per heavy atom. The normalized spacial score (nSPS) is 23.8. The van der Waals surface area contributed by atoms with Gasteiger partial charge < -0.3 is 0 Å². The molecule has 0 N–H and O–H groups in total. The molecule has 1 heteroatoms. The first-order valence-corrected chi connectivity index (χ1v) is 7.10. The summed E-state index contributed by atoms with van der Waals surface area (Å²) in [4.78, 5) is 2.68. The zero-order valence-corrected chi connectivity index (χ0v) is 11.1. The quantitative estimate of drug-likeness (QED) is 0.749. The molecule has 0 saturated carbocycles. The van der Waals surface area contributed by atoms with Crippen molar-refractivity contribution in [2.75, 3.05) is 13.1 Å². The fourth-order valence-electron chi connectivity index (χ4n) is 3.49. The van der Waals surface area contributed by atoms with Gasteiger partial charge in [0.2, 0.25) is 0 Å². The van der Waals surface area contributed by atoms with Crippen LogP contribution in [0.4, 0.5) is 0 Å². The Hall–Kier alpha value is -0.820. The van der Waals surface area contributed by atoms with Crippen LogP contribution in [0.5, 0.6) is 0 Å². The molecule has 3 rings (SSSR count). The number of nitrogens with zero attached hydrogens (tertiary/aromatic N) is 1. The first-order chi connectivity index (χ1) is 8.24. The molecule has 0 bridgehead atoms. The molecule has 2 heterocycles. The molecule has 2 aliphatic heterocycles. The number of rotatable bonds is 2. The van der Waals surface area contributed by atoms with Crippen molar-refractivity contribution in [1.82, 2.24) is 4.90 Å². The summed E-state index contributed by atoms with van der Waals surface area (Å²) in [5.41, 5.74) is 4.79. The smallest absolute Gasteiger partial charge is 0.0351 e. The molecular weight excluding hydrogens is 206 g/mol. The van der Waals surface area contributed by atoms with Crippen LogP contribution in [0, 0.1) is 5.92 Å². The number of hydrogen-bond acceptors (Lipinski definition) is 1. The number of hydrogen-bond donors (Lipinski definition) is 0. The summed E-state index contributed by atoms with van der Waals surface area (Å²) in [7, 11) is 0. The van der Waals surface area contributed by atoms with E-state index < -0.39 is 0 Å². The Morgan fingerprint density at radius 3 is 3.00 bits per heavy atom. The van der Waals surface area contributed by atoms with Crippen molar-refractivity contribution in [2.45, 2.75) is 45.6 Å². The van der Waals surface area contributed by atoms with Crippen LogP contribution >= 0.6 is 0 Å². The van der Waals surface area contributed by atoms with Crippen LogP contribution in [-0.2, 0) is 12.8 Å². The fraction of sp³-hybridized carbons (Fsp3) is 0.625. The summed E-state index contributed by atoms with van der Waals surface area (Å²) in [5.74, 6) is 0.760. The molecule has 1 saturated heterocycles.